The Hall–Kier alpha value is -2.49. The Balaban J connectivity index is 0.00000480. The molecule has 0 fully saturated rings. The molecule has 0 bridgehead atoms. The summed E-state index contributed by atoms with van der Waals surface area (Å²) >= 11 is 0. The first-order valence-corrected chi connectivity index (χ1v) is 10.00. The largest absolute Gasteiger partial charge is 0.497 e. The van der Waals surface area contributed by atoms with Crippen molar-refractivity contribution in [1.82, 2.24) is 15.1 Å². The third kappa shape index (κ3) is 9.91. The Morgan fingerprint density at radius 3 is 2.26 bits per heavy atom. The van der Waals surface area contributed by atoms with Crippen LogP contribution < -0.4 is 14.8 Å². The Kier molecular flexibility index (Phi) is 12.4. The normalized spacial score (nSPS) is 10.6. The van der Waals surface area contributed by atoms with E-state index < -0.39 is 0 Å². The second-order valence-electron chi connectivity index (χ2n) is 7.04. The first-order valence-electron chi connectivity index (χ1n) is 10.00. The lowest BCUT2D eigenvalue weighted by Crippen LogP contribution is -2.42. The summed E-state index contributed by atoms with van der Waals surface area (Å²) in [5.74, 6) is 2.21. The lowest BCUT2D eigenvalue weighted by atomic mass is 10.1. The van der Waals surface area contributed by atoms with Crippen LogP contribution in [0.4, 0.5) is 0 Å². The van der Waals surface area contributed by atoms with Gasteiger partial charge in [0.1, 0.15) is 24.7 Å². The number of rotatable bonds is 10. The number of amides is 1. The van der Waals surface area contributed by atoms with Gasteiger partial charge >= 0.3 is 0 Å². The summed E-state index contributed by atoms with van der Waals surface area (Å²) in [4.78, 5) is 20.0. The minimum Gasteiger partial charge on any atom is -0.497 e. The standard InChI is InChI=1S/C23H32N4O3.HI/c1-26(2)22(28)18-25-23(24-15-14-19-8-6-5-7-9-19)27(3)16-17-30-21-12-10-20(29-4)11-13-21;/h5-13H,14-18H2,1-4H3,(H,24,25);1H. The molecule has 0 unspecified atom stereocenters. The van der Waals surface area contributed by atoms with E-state index in [0.717, 1.165) is 24.5 Å². The molecule has 0 atom stereocenters. The molecule has 0 aliphatic heterocycles. The van der Waals surface area contributed by atoms with E-state index in [4.69, 9.17) is 9.47 Å². The summed E-state index contributed by atoms with van der Waals surface area (Å²) in [5, 5.41) is 3.36. The van der Waals surface area contributed by atoms with Crippen LogP contribution in [0.2, 0.25) is 0 Å². The number of hydrogen-bond donors (Lipinski definition) is 1. The van der Waals surface area contributed by atoms with E-state index in [-0.39, 0.29) is 36.4 Å². The van der Waals surface area contributed by atoms with Crippen molar-refractivity contribution in [2.45, 2.75) is 6.42 Å². The van der Waals surface area contributed by atoms with Crippen LogP contribution in [0.1, 0.15) is 5.56 Å². The predicted molar refractivity (Wildman–Crippen MR) is 136 cm³/mol. The van der Waals surface area contributed by atoms with Gasteiger partial charge in [0.25, 0.3) is 0 Å². The van der Waals surface area contributed by atoms with E-state index >= 15 is 0 Å². The van der Waals surface area contributed by atoms with Crippen LogP contribution in [-0.4, -0.2) is 76.2 Å². The third-order valence-corrected chi connectivity index (χ3v) is 4.52. The number of nitrogens with one attached hydrogen (secondary N) is 1. The maximum atomic E-state index is 12.0. The van der Waals surface area contributed by atoms with Crippen molar-refractivity contribution >= 4 is 35.8 Å². The van der Waals surface area contributed by atoms with Crippen molar-refractivity contribution in [3.8, 4) is 11.5 Å². The zero-order chi connectivity index (χ0) is 21.8. The zero-order valence-electron chi connectivity index (χ0n) is 18.7. The maximum absolute atomic E-state index is 12.0. The highest BCUT2D eigenvalue weighted by molar-refractivity contribution is 14.0. The number of hydrogen-bond acceptors (Lipinski definition) is 4. The van der Waals surface area contributed by atoms with Gasteiger partial charge in [-0.1, -0.05) is 30.3 Å². The van der Waals surface area contributed by atoms with Crippen molar-refractivity contribution in [3.05, 3.63) is 60.2 Å². The summed E-state index contributed by atoms with van der Waals surface area (Å²) in [6.45, 7) is 1.94. The number of carbonyl (C=O) groups is 1. The molecule has 0 aliphatic carbocycles. The monoisotopic (exact) mass is 540 g/mol. The smallest absolute Gasteiger partial charge is 0.243 e. The number of likely N-dealkylation sites (N-methyl/N-ethyl adjacent to an activating group) is 2. The molecule has 1 amide bonds. The summed E-state index contributed by atoms with van der Waals surface area (Å²) in [5.41, 5.74) is 1.25. The maximum Gasteiger partial charge on any atom is 0.243 e. The molecule has 0 saturated heterocycles. The van der Waals surface area contributed by atoms with Gasteiger partial charge in [-0.15, -0.1) is 24.0 Å². The molecule has 170 valence electrons. The van der Waals surface area contributed by atoms with Gasteiger partial charge in [-0.2, -0.15) is 0 Å². The van der Waals surface area contributed by atoms with Crippen molar-refractivity contribution in [2.24, 2.45) is 4.99 Å². The molecule has 2 aromatic carbocycles. The van der Waals surface area contributed by atoms with E-state index in [1.807, 2.05) is 54.4 Å². The number of ether oxygens (including phenoxy) is 2. The van der Waals surface area contributed by atoms with Crippen LogP contribution in [0.25, 0.3) is 0 Å². The Labute approximate surface area is 202 Å². The minimum absolute atomic E-state index is 0. The highest BCUT2D eigenvalue weighted by atomic mass is 127. The molecule has 0 aromatic heterocycles. The number of methoxy groups -OCH3 is 1. The van der Waals surface area contributed by atoms with Gasteiger partial charge in [0.15, 0.2) is 5.96 Å². The van der Waals surface area contributed by atoms with Crippen molar-refractivity contribution in [3.63, 3.8) is 0 Å². The number of halogens is 1. The van der Waals surface area contributed by atoms with Gasteiger partial charge in [-0.3, -0.25) is 4.79 Å². The average molecular weight is 540 g/mol. The first-order chi connectivity index (χ1) is 14.5. The molecule has 7 nitrogen and oxygen atoms in total. The molecule has 2 aromatic rings. The molecule has 31 heavy (non-hydrogen) atoms. The van der Waals surface area contributed by atoms with Crippen LogP contribution in [0.15, 0.2) is 59.6 Å². The first kappa shape index (κ1) is 26.5. The van der Waals surface area contributed by atoms with Gasteiger partial charge in [0.2, 0.25) is 5.91 Å². The van der Waals surface area contributed by atoms with Gasteiger partial charge in [0.05, 0.1) is 13.7 Å². The van der Waals surface area contributed by atoms with Crippen LogP contribution >= 0.6 is 24.0 Å². The fourth-order valence-electron chi connectivity index (χ4n) is 2.64. The summed E-state index contributed by atoms with van der Waals surface area (Å²) in [6.07, 6.45) is 0.873. The van der Waals surface area contributed by atoms with Crippen LogP contribution in [0.5, 0.6) is 11.5 Å². The van der Waals surface area contributed by atoms with E-state index in [2.05, 4.69) is 22.4 Å². The zero-order valence-corrected chi connectivity index (χ0v) is 21.0. The molecule has 0 aliphatic rings. The number of aliphatic imine (C=N–C) groups is 1. The Morgan fingerprint density at radius 1 is 1.00 bits per heavy atom. The number of benzene rings is 2. The summed E-state index contributed by atoms with van der Waals surface area (Å²) in [6, 6.07) is 17.7. The molecule has 0 spiro atoms. The van der Waals surface area contributed by atoms with Crippen LogP contribution in [-0.2, 0) is 11.2 Å². The van der Waals surface area contributed by atoms with E-state index in [0.29, 0.717) is 19.1 Å². The highest BCUT2D eigenvalue weighted by Crippen LogP contribution is 2.16. The molecule has 0 radical (unpaired) electrons. The fourth-order valence-corrected chi connectivity index (χ4v) is 2.64. The van der Waals surface area contributed by atoms with E-state index in [1.54, 1.807) is 21.2 Å². The number of nitrogens with zero attached hydrogens (tertiary/aromatic N) is 3. The van der Waals surface area contributed by atoms with Gasteiger partial charge < -0.3 is 24.6 Å². The Bertz CT molecular complexity index is 798. The fraction of sp³-hybridized carbons (Fsp3) is 0.391. The summed E-state index contributed by atoms with van der Waals surface area (Å²) in [7, 11) is 7.03. The van der Waals surface area contributed by atoms with E-state index in [1.165, 1.54) is 10.5 Å². The van der Waals surface area contributed by atoms with E-state index in [9.17, 15) is 4.79 Å². The number of carbonyl (C=O) groups excluding carboxylic acids is 1. The predicted octanol–water partition coefficient (Wildman–Crippen LogP) is 2.90. The van der Waals surface area contributed by atoms with Crippen LogP contribution in [0, 0.1) is 0 Å². The minimum atomic E-state index is -0.0414. The van der Waals surface area contributed by atoms with Crippen LogP contribution in [0.3, 0.4) is 0 Å². The quantitative estimate of drug-likeness (QED) is 0.285. The molecule has 8 heteroatoms. The molecule has 1 N–H and O–H groups in total. The second-order valence-corrected chi connectivity index (χ2v) is 7.04. The topological polar surface area (TPSA) is 66.4 Å². The molecule has 0 heterocycles. The highest BCUT2D eigenvalue weighted by Gasteiger charge is 2.09. The number of guanidine groups is 1. The lowest BCUT2D eigenvalue weighted by molar-refractivity contribution is -0.127. The molecular formula is C23H33IN4O3. The molecule has 2 rings (SSSR count). The SMILES string of the molecule is COc1ccc(OCCN(C)C(=NCC(=O)N(C)C)NCCc2ccccc2)cc1.I. The van der Waals surface area contributed by atoms with Gasteiger partial charge in [-0.25, -0.2) is 4.99 Å². The second kappa shape index (κ2) is 14.5. The molecule has 0 saturated carbocycles. The summed E-state index contributed by atoms with van der Waals surface area (Å²) < 4.78 is 11.0. The van der Waals surface area contributed by atoms with Gasteiger partial charge in [-0.05, 0) is 36.2 Å². The van der Waals surface area contributed by atoms with Crippen molar-refractivity contribution in [2.75, 3.05) is 54.5 Å². The lowest BCUT2D eigenvalue weighted by Gasteiger charge is -2.23. The average Bonchev–Trinajstić information content (AvgIpc) is 2.76. The van der Waals surface area contributed by atoms with Crippen molar-refractivity contribution in [1.29, 1.82) is 0 Å². The van der Waals surface area contributed by atoms with Gasteiger partial charge in [0, 0.05) is 27.7 Å². The third-order valence-electron chi connectivity index (χ3n) is 4.52. The Morgan fingerprint density at radius 2 is 1.65 bits per heavy atom. The van der Waals surface area contributed by atoms with Crippen molar-refractivity contribution < 1.29 is 14.3 Å². The molecular weight excluding hydrogens is 507 g/mol.